The largest absolute Gasteiger partial charge is 0.403 e. The maximum atomic E-state index is 12.4. The third-order valence-electron chi connectivity index (χ3n) is 3.76. The van der Waals surface area contributed by atoms with Gasteiger partial charge in [-0.25, -0.2) is 0 Å². The third kappa shape index (κ3) is 3.10. The molecule has 0 spiro atoms. The number of hydrogen-bond acceptors (Lipinski definition) is 5. The van der Waals surface area contributed by atoms with Crippen molar-refractivity contribution in [2.24, 2.45) is 0 Å². The molecule has 1 N–H and O–H groups in total. The number of nitrogens with one attached hydrogen (secondary N) is 1. The van der Waals surface area contributed by atoms with Crippen molar-refractivity contribution in [3.63, 3.8) is 0 Å². The Morgan fingerprint density at radius 3 is 2.64 bits per heavy atom. The van der Waals surface area contributed by atoms with Crippen molar-refractivity contribution in [3.05, 3.63) is 71.9 Å². The molecule has 122 valence electrons. The van der Waals surface area contributed by atoms with E-state index >= 15 is 0 Å². The van der Waals surface area contributed by atoms with Crippen LogP contribution < -0.4 is 5.32 Å². The lowest BCUT2D eigenvalue weighted by molar-refractivity contribution is 0.102. The number of anilines is 1. The lowest BCUT2D eigenvalue weighted by Gasteiger charge is -2.03. The van der Waals surface area contributed by atoms with Gasteiger partial charge in [-0.1, -0.05) is 35.4 Å². The van der Waals surface area contributed by atoms with Crippen molar-refractivity contribution in [2.75, 3.05) is 5.32 Å². The fourth-order valence-corrected chi connectivity index (χ4v) is 2.50. The van der Waals surface area contributed by atoms with Crippen molar-refractivity contribution in [1.82, 2.24) is 15.2 Å². The molecule has 0 saturated carbocycles. The fraction of sp³-hybridized carbons (Fsp3) is 0.0526. The standard InChI is InChI=1S/C19H14N4O2/c1-12-7-8-13-9-10-15(11-16(13)20-12)17(24)21-19-23-22-18(25-19)14-5-3-2-4-6-14/h2-11H,1H3,(H,21,23,24). The van der Waals surface area contributed by atoms with E-state index in [4.69, 9.17) is 4.42 Å². The molecule has 0 aliphatic carbocycles. The number of aromatic nitrogens is 3. The quantitative estimate of drug-likeness (QED) is 0.617. The number of rotatable bonds is 3. The summed E-state index contributed by atoms with van der Waals surface area (Å²) in [6.45, 7) is 1.91. The zero-order valence-corrected chi connectivity index (χ0v) is 13.4. The number of hydrogen-bond donors (Lipinski definition) is 1. The molecule has 4 aromatic rings. The van der Waals surface area contributed by atoms with Crippen molar-refractivity contribution < 1.29 is 9.21 Å². The highest BCUT2D eigenvalue weighted by Crippen LogP contribution is 2.20. The zero-order chi connectivity index (χ0) is 17.2. The molecular formula is C19H14N4O2. The first kappa shape index (κ1) is 15.0. The number of amides is 1. The summed E-state index contributed by atoms with van der Waals surface area (Å²) in [7, 11) is 0. The molecule has 1 amide bonds. The Balaban J connectivity index is 1.57. The SMILES string of the molecule is Cc1ccc2ccc(C(=O)Nc3nnc(-c4ccccc4)o3)cc2n1. The Kier molecular flexibility index (Phi) is 3.70. The first-order valence-electron chi connectivity index (χ1n) is 7.77. The van der Waals surface area contributed by atoms with Crippen LogP contribution in [0.15, 0.2) is 65.1 Å². The number of carbonyl (C=O) groups is 1. The second-order valence-corrected chi connectivity index (χ2v) is 5.59. The van der Waals surface area contributed by atoms with Crippen LogP contribution in [0.4, 0.5) is 6.01 Å². The molecule has 0 atom stereocenters. The summed E-state index contributed by atoms with van der Waals surface area (Å²) in [6.07, 6.45) is 0. The molecule has 0 aliphatic heterocycles. The van der Waals surface area contributed by atoms with Crippen LogP contribution in [0.3, 0.4) is 0 Å². The molecule has 4 rings (SSSR count). The van der Waals surface area contributed by atoms with Gasteiger partial charge in [-0.3, -0.25) is 15.1 Å². The zero-order valence-electron chi connectivity index (χ0n) is 13.4. The lowest BCUT2D eigenvalue weighted by atomic mass is 10.1. The van der Waals surface area contributed by atoms with Gasteiger partial charge in [0, 0.05) is 22.2 Å². The predicted molar refractivity (Wildman–Crippen MR) is 94.2 cm³/mol. The summed E-state index contributed by atoms with van der Waals surface area (Å²) in [4.78, 5) is 16.9. The molecular weight excluding hydrogens is 316 g/mol. The highest BCUT2D eigenvalue weighted by molar-refractivity contribution is 6.05. The molecule has 6 heteroatoms. The summed E-state index contributed by atoms with van der Waals surface area (Å²) in [5, 5.41) is 11.4. The normalized spacial score (nSPS) is 10.8. The van der Waals surface area contributed by atoms with E-state index in [9.17, 15) is 4.79 Å². The van der Waals surface area contributed by atoms with Crippen LogP contribution in [-0.4, -0.2) is 21.1 Å². The number of fused-ring (bicyclic) bond motifs is 1. The van der Waals surface area contributed by atoms with E-state index in [0.717, 1.165) is 22.2 Å². The number of carbonyl (C=O) groups excluding carboxylic acids is 1. The summed E-state index contributed by atoms with van der Waals surface area (Å²) in [5.41, 5.74) is 2.93. The van der Waals surface area contributed by atoms with E-state index in [-0.39, 0.29) is 11.9 Å². The molecule has 0 fully saturated rings. The van der Waals surface area contributed by atoms with Crippen LogP contribution in [0, 0.1) is 6.92 Å². The van der Waals surface area contributed by atoms with Crippen molar-refractivity contribution in [1.29, 1.82) is 0 Å². The van der Waals surface area contributed by atoms with E-state index in [0.29, 0.717) is 11.5 Å². The van der Waals surface area contributed by atoms with Crippen molar-refractivity contribution in [2.45, 2.75) is 6.92 Å². The number of benzene rings is 2. The number of pyridine rings is 1. The van der Waals surface area contributed by atoms with Crippen molar-refractivity contribution >= 4 is 22.8 Å². The van der Waals surface area contributed by atoms with E-state index in [1.807, 2.05) is 55.5 Å². The molecule has 2 aromatic carbocycles. The molecule has 0 radical (unpaired) electrons. The molecule has 25 heavy (non-hydrogen) atoms. The highest BCUT2D eigenvalue weighted by Gasteiger charge is 2.13. The van der Waals surface area contributed by atoms with Crippen LogP contribution in [-0.2, 0) is 0 Å². The molecule has 2 heterocycles. The average molecular weight is 330 g/mol. The van der Waals surface area contributed by atoms with Gasteiger partial charge < -0.3 is 4.42 Å². The minimum Gasteiger partial charge on any atom is -0.403 e. The maximum Gasteiger partial charge on any atom is 0.322 e. The van der Waals surface area contributed by atoms with E-state index in [1.165, 1.54) is 0 Å². The molecule has 2 aromatic heterocycles. The van der Waals surface area contributed by atoms with Gasteiger partial charge in [0.05, 0.1) is 5.52 Å². The second-order valence-electron chi connectivity index (χ2n) is 5.59. The molecule has 0 unspecified atom stereocenters. The van der Waals surface area contributed by atoms with E-state index in [1.54, 1.807) is 12.1 Å². The monoisotopic (exact) mass is 330 g/mol. The molecule has 0 saturated heterocycles. The van der Waals surface area contributed by atoms with Gasteiger partial charge in [0.15, 0.2) is 0 Å². The Morgan fingerprint density at radius 1 is 1.00 bits per heavy atom. The Labute approximate surface area is 143 Å². The van der Waals surface area contributed by atoms with Crippen LogP contribution in [0.5, 0.6) is 0 Å². The summed E-state index contributed by atoms with van der Waals surface area (Å²) in [5.74, 6) is 0.0279. The van der Waals surface area contributed by atoms with Gasteiger partial charge in [-0.05, 0) is 37.3 Å². The topological polar surface area (TPSA) is 80.9 Å². The predicted octanol–water partition coefficient (Wildman–Crippen LogP) is 3.85. The minimum atomic E-state index is -0.325. The Bertz CT molecular complexity index is 1060. The van der Waals surface area contributed by atoms with Gasteiger partial charge in [0.1, 0.15) is 0 Å². The molecule has 6 nitrogen and oxygen atoms in total. The average Bonchev–Trinajstić information content (AvgIpc) is 3.10. The van der Waals surface area contributed by atoms with Gasteiger partial charge in [0.2, 0.25) is 5.89 Å². The van der Waals surface area contributed by atoms with Crippen LogP contribution in [0.1, 0.15) is 16.1 Å². The van der Waals surface area contributed by atoms with Gasteiger partial charge in [-0.2, -0.15) is 0 Å². The van der Waals surface area contributed by atoms with Crippen LogP contribution in [0.2, 0.25) is 0 Å². The van der Waals surface area contributed by atoms with Gasteiger partial charge in [-0.15, -0.1) is 5.10 Å². The maximum absolute atomic E-state index is 12.4. The summed E-state index contributed by atoms with van der Waals surface area (Å²) in [6, 6.07) is 18.7. The smallest absolute Gasteiger partial charge is 0.322 e. The summed E-state index contributed by atoms with van der Waals surface area (Å²) >= 11 is 0. The number of nitrogens with zero attached hydrogens (tertiary/aromatic N) is 3. The lowest BCUT2D eigenvalue weighted by Crippen LogP contribution is -2.12. The van der Waals surface area contributed by atoms with Crippen molar-refractivity contribution in [3.8, 4) is 11.5 Å². The highest BCUT2D eigenvalue weighted by atomic mass is 16.4. The Morgan fingerprint density at radius 2 is 1.80 bits per heavy atom. The van der Waals surface area contributed by atoms with E-state index in [2.05, 4.69) is 20.5 Å². The van der Waals surface area contributed by atoms with Gasteiger partial charge in [0.25, 0.3) is 5.91 Å². The van der Waals surface area contributed by atoms with E-state index < -0.39 is 0 Å². The fourth-order valence-electron chi connectivity index (χ4n) is 2.50. The Hall–Kier alpha value is -3.54. The van der Waals surface area contributed by atoms with Crippen LogP contribution >= 0.6 is 0 Å². The van der Waals surface area contributed by atoms with Crippen LogP contribution in [0.25, 0.3) is 22.4 Å². The number of aryl methyl sites for hydroxylation is 1. The summed E-state index contributed by atoms with van der Waals surface area (Å²) < 4.78 is 5.50. The first-order chi connectivity index (χ1) is 12.2. The minimum absolute atomic E-state index is 0.0566. The molecule has 0 aliphatic rings. The first-order valence-corrected chi connectivity index (χ1v) is 7.77. The third-order valence-corrected chi connectivity index (χ3v) is 3.76. The molecule has 0 bridgehead atoms. The van der Waals surface area contributed by atoms with Gasteiger partial charge >= 0.3 is 6.01 Å². The second kappa shape index (κ2) is 6.16.